The fourth-order valence-corrected chi connectivity index (χ4v) is 4.58. The lowest BCUT2D eigenvalue weighted by Gasteiger charge is -2.36. The number of thiazole rings is 1. The van der Waals surface area contributed by atoms with E-state index in [0.717, 1.165) is 36.3 Å². The van der Waals surface area contributed by atoms with E-state index in [1.54, 1.807) is 19.6 Å². The Kier molecular flexibility index (Phi) is 4.76. The average molecular weight is 347 g/mol. The van der Waals surface area contributed by atoms with Gasteiger partial charge in [-0.2, -0.15) is 0 Å². The third-order valence-corrected chi connectivity index (χ3v) is 5.82. The van der Waals surface area contributed by atoms with Crippen LogP contribution in [0.25, 0.3) is 0 Å². The lowest BCUT2D eigenvalue weighted by atomic mass is 9.69. The maximum absolute atomic E-state index is 11.2. The first kappa shape index (κ1) is 16.8. The number of carboxylic acids is 1. The second kappa shape index (κ2) is 6.81. The van der Waals surface area contributed by atoms with Crippen molar-refractivity contribution < 1.29 is 19.4 Å². The summed E-state index contributed by atoms with van der Waals surface area (Å²) in [5, 5.41) is 11.7. The number of aromatic nitrogens is 1. The maximum Gasteiger partial charge on any atom is 0.355 e. The molecule has 0 radical (unpaired) electrons. The van der Waals surface area contributed by atoms with Crippen molar-refractivity contribution in [1.29, 1.82) is 0 Å². The molecule has 0 saturated heterocycles. The molecule has 128 valence electrons. The van der Waals surface area contributed by atoms with Crippen LogP contribution in [0.1, 0.15) is 53.2 Å². The molecule has 1 N–H and O–H groups in total. The number of hydrogen-bond donors (Lipinski definition) is 1. The highest BCUT2D eigenvalue weighted by molar-refractivity contribution is 7.10. The smallest absolute Gasteiger partial charge is 0.355 e. The zero-order valence-electron chi connectivity index (χ0n) is 13.9. The van der Waals surface area contributed by atoms with E-state index in [9.17, 15) is 9.90 Å². The molecule has 0 atom stereocenters. The normalized spacial score (nSPS) is 16.6. The summed E-state index contributed by atoms with van der Waals surface area (Å²) in [6, 6.07) is 5.97. The van der Waals surface area contributed by atoms with Gasteiger partial charge in [-0.25, -0.2) is 9.78 Å². The zero-order chi connectivity index (χ0) is 17.2. The number of carbonyl (C=O) groups is 1. The molecule has 1 heterocycles. The Morgan fingerprint density at radius 3 is 2.46 bits per heavy atom. The van der Waals surface area contributed by atoms with Gasteiger partial charge < -0.3 is 14.6 Å². The highest BCUT2D eigenvalue weighted by atomic mass is 32.1. The second-order valence-electron chi connectivity index (χ2n) is 6.06. The van der Waals surface area contributed by atoms with Gasteiger partial charge in [0.1, 0.15) is 5.01 Å². The van der Waals surface area contributed by atoms with Crippen molar-refractivity contribution in [2.45, 2.75) is 37.5 Å². The van der Waals surface area contributed by atoms with Crippen LogP contribution in [-0.4, -0.2) is 30.3 Å². The summed E-state index contributed by atoms with van der Waals surface area (Å²) >= 11 is 1.44. The first-order chi connectivity index (χ1) is 11.6. The predicted molar refractivity (Wildman–Crippen MR) is 92.5 cm³/mol. The number of nitrogens with zero attached hydrogens (tertiary/aromatic N) is 1. The molecule has 2 aromatic rings. The third-order valence-electron chi connectivity index (χ3n) is 4.78. The van der Waals surface area contributed by atoms with E-state index in [1.807, 2.05) is 12.1 Å². The van der Waals surface area contributed by atoms with E-state index in [1.165, 1.54) is 17.8 Å². The molecule has 1 aliphatic carbocycles. The molecule has 1 aromatic heterocycles. The van der Waals surface area contributed by atoms with Crippen molar-refractivity contribution in [3.05, 3.63) is 39.8 Å². The highest BCUT2D eigenvalue weighted by Gasteiger charge is 2.39. The minimum atomic E-state index is -0.976. The van der Waals surface area contributed by atoms with Crippen molar-refractivity contribution in [1.82, 2.24) is 4.98 Å². The molecular weight excluding hydrogens is 326 g/mol. The molecule has 6 heteroatoms. The molecule has 0 unspecified atom stereocenters. The van der Waals surface area contributed by atoms with Gasteiger partial charge in [-0.1, -0.05) is 25.3 Å². The van der Waals surface area contributed by atoms with Crippen LogP contribution in [0.2, 0.25) is 0 Å². The van der Waals surface area contributed by atoms with Crippen molar-refractivity contribution in [3.63, 3.8) is 0 Å². The number of rotatable bonds is 5. The fraction of sp³-hybridized carbons (Fsp3) is 0.444. The van der Waals surface area contributed by atoms with E-state index in [4.69, 9.17) is 9.47 Å². The molecule has 0 aliphatic heterocycles. The first-order valence-corrected chi connectivity index (χ1v) is 8.90. The van der Waals surface area contributed by atoms with E-state index in [2.05, 4.69) is 11.1 Å². The molecule has 0 spiro atoms. The maximum atomic E-state index is 11.2. The van der Waals surface area contributed by atoms with Crippen LogP contribution in [0.5, 0.6) is 11.5 Å². The molecule has 3 rings (SSSR count). The van der Waals surface area contributed by atoms with Crippen LogP contribution >= 0.6 is 11.3 Å². The molecule has 1 saturated carbocycles. The van der Waals surface area contributed by atoms with Crippen molar-refractivity contribution in [2.75, 3.05) is 14.2 Å². The molecule has 1 aromatic carbocycles. The Balaban J connectivity index is 2.10. The van der Waals surface area contributed by atoms with E-state index in [0.29, 0.717) is 11.5 Å². The number of hydrogen-bond acceptors (Lipinski definition) is 5. The fourth-order valence-electron chi connectivity index (χ4n) is 3.51. The van der Waals surface area contributed by atoms with Crippen molar-refractivity contribution in [3.8, 4) is 11.5 Å². The van der Waals surface area contributed by atoms with E-state index < -0.39 is 5.97 Å². The number of ether oxygens (including phenoxy) is 2. The lowest BCUT2D eigenvalue weighted by molar-refractivity contribution is 0.0691. The molecule has 0 amide bonds. The van der Waals surface area contributed by atoms with Crippen LogP contribution in [-0.2, 0) is 5.41 Å². The minimum Gasteiger partial charge on any atom is -0.493 e. The Bertz CT molecular complexity index is 734. The van der Waals surface area contributed by atoms with Crippen LogP contribution in [0, 0.1) is 0 Å². The number of methoxy groups -OCH3 is 2. The predicted octanol–water partition coefficient (Wildman–Crippen LogP) is 4.11. The summed E-state index contributed by atoms with van der Waals surface area (Å²) in [6.07, 6.45) is 5.35. The summed E-state index contributed by atoms with van der Waals surface area (Å²) in [4.78, 5) is 15.7. The van der Waals surface area contributed by atoms with Gasteiger partial charge in [-0.3, -0.25) is 0 Å². The minimum absolute atomic E-state index is 0.125. The highest BCUT2D eigenvalue weighted by Crippen LogP contribution is 2.47. The molecular formula is C18H21NO4S. The van der Waals surface area contributed by atoms with Gasteiger partial charge in [0.25, 0.3) is 0 Å². The molecule has 5 nitrogen and oxygen atoms in total. The summed E-state index contributed by atoms with van der Waals surface area (Å²) in [5.74, 6) is 0.406. The average Bonchev–Trinajstić information content (AvgIpc) is 3.12. The molecule has 1 fully saturated rings. The van der Waals surface area contributed by atoms with Crippen molar-refractivity contribution in [2.24, 2.45) is 0 Å². The topological polar surface area (TPSA) is 68.7 Å². The molecule has 1 aliphatic rings. The Morgan fingerprint density at radius 1 is 1.17 bits per heavy atom. The Labute approximate surface area is 145 Å². The SMILES string of the molecule is COc1ccc(C2(c3nc(C(=O)O)cs3)CCCCC2)cc1OC. The summed E-state index contributed by atoms with van der Waals surface area (Å²) < 4.78 is 10.8. The first-order valence-electron chi connectivity index (χ1n) is 8.02. The Morgan fingerprint density at radius 2 is 1.88 bits per heavy atom. The van der Waals surface area contributed by atoms with Gasteiger partial charge >= 0.3 is 5.97 Å². The lowest BCUT2D eigenvalue weighted by Crippen LogP contribution is -2.30. The number of carboxylic acid groups (broad SMARTS) is 1. The van der Waals surface area contributed by atoms with Crippen LogP contribution < -0.4 is 9.47 Å². The summed E-state index contributed by atoms with van der Waals surface area (Å²) in [5.41, 5.74) is 1.00. The monoisotopic (exact) mass is 347 g/mol. The van der Waals surface area contributed by atoms with Crippen LogP contribution in [0.15, 0.2) is 23.6 Å². The van der Waals surface area contributed by atoms with Gasteiger partial charge in [0.05, 0.1) is 14.2 Å². The second-order valence-corrected chi connectivity index (χ2v) is 6.91. The largest absolute Gasteiger partial charge is 0.493 e. The van der Waals surface area contributed by atoms with Crippen molar-refractivity contribution >= 4 is 17.3 Å². The van der Waals surface area contributed by atoms with Crippen LogP contribution in [0.4, 0.5) is 0 Å². The quantitative estimate of drug-likeness (QED) is 0.881. The van der Waals surface area contributed by atoms with Gasteiger partial charge in [0.2, 0.25) is 0 Å². The van der Waals surface area contributed by atoms with Gasteiger partial charge in [0.15, 0.2) is 17.2 Å². The summed E-state index contributed by atoms with van der Waals surface area (Å²) in [7, 11) is 3.25. The standard InChI is InChI=1S/C18H21NO4S/c1-22-14-7-6-12(10-15(14)23-2)18(8-4-3-5-9-18)17-19-13(11-24-17)16(20)21/h6-7,10-11H,3-5,8-9H2,1-2H3,(H,20,21). The zero-order valence-corrected chi connectivity index (χ0v) is 14.7. The van der Waals surface area contributed by atoms with Gasteiger partial charge in [-0.05, 0) is 30.5 Å². The Hall–Kier alpha value is -2.08. The van der Waals surface area contributed by atoms with Gasteiger partial charge in [-0.15, -0.1) is 11.3 Å². The summed E-state index contributed by atoms with van der Waals surface area (Å²) in [6.45, 7) is 0. The van der Waals surface area contributed by atoms with Gasteiger partial charge in [0, 0.05) is 10.8 Å². The third kappa shape index (κ3) is 2.86. The van der Waals surface area contributed by atoms with E-state index in [-0.39, 0.29) is 11.1 Å². The van der Waals surface area contributed by atoms with Crippen LogP contribution in [0.3, 0.4) is 0 Å². The molecule has 24 heavy (non-hydrogen) atoms. The van der Waals surface area contributed by atoms with E-state index >= 15 is 0 Å². The number of benzene rings is 1. The number of aromatic carboxylic acids is 1. The molecule has 0 bridgehead atoms.